The molecule has 0 radical (unpaired) electrons. The molecule has 1 saturated heterocycles. The fourth-order valence-corrected chi connectivity index (χ4v) is 5.27. The van der Waals surface area contributed by atoms with Crippen molar-refractivity contribution in [2.24, 2.45) is 0 Å². The Kier molecular flexibility index (Phi) is 4.14. The highest BCUT2D eigenvalue weighted by atomic mass is 32.2. The van der Waals surface area contributed by atoms with Crippen molar-refractivity contribution in [2.45, 2.75) is 11.7 Å². The van der Waals surface area contributed by atoms with E-state index in [0.717, 1.165) is 36.3 Å². The molecule has 4 rings (SSSR count). The minimum absolute atomic E-state index is 0.154. The van der Waals surface area contributed by atoms with E-state index in [9.17, 15) is 4.79 Å². The van der Waals surface area contributed by atoms with E-state index in [-0.39, 0.29) is 5.91 Å². The molecule has 0 N–H and O–H groups in total. The number of rotatable bonds is 2. The lowest BCUT2D eigenvalue weighted by Gasteiger charge is -2.19. The summed E-state index contributed by atoms with van der Waals surface area (Å²) in [5, 5.41) is 2.66. The van der Waals surface area contributed by atoms with Crippen molar-refractivity contribution in [1.29, 1.82) is 0 Å². The number of thioether (sulfide) groups is 1. The number of carbonyl (C=O) groups is 1. The molecule has 1 fully saturated rings. The first-order chi connectivity index (χ1) is 11.3. The number of amides is 1. The molecular formula is C18H18N2OS2. The Hall–Kier alpha value is -1.72. The Morgan fingerprint density at radius 1 is 1.17 bits per heavy atom. The molecule has 3 aromatic rings. The first kappa shape index (κ1) is 14.8. The van der Waals surface area contributed by atoms with E-state index in [4.69, 9.17) is 0 Å². The van der Waals surface area contributed by atoms with E-state index in [1.54, 1.807) is 0 Å². The van der Waals surface area contributed by atoms with E-state index in [2.05, 4.69) is 17.5 Å². The van der Waals surface area contributed by atoms with Gasteiger partial charge >= 0.3 is 0 Å². The third kappa shape index (κ3) is 3.03. The van der Waals surface area contributed by atoms with Gasteiger partial charge in [0.1, 0.15) is 0 Å². The minimum atomic E-state index is 0.154. The maximum absolute atomic E-state index is 12.8. The van der Waals surface area contributed by atoms with Crippen LogP contribution in [0, 0.1) is 0 Å². The monoisotopic (exact) mass is 342 g/mol. The summed E-state index contributed by atoms with van der Waals surface area (Å²) in [4.78, 5) is 16.3. The van der Waals surface area contributed by atoms with Gasteiger partial charge in [0.15, 0.2) is 0 Å². The molecule has 1 aliphatic rings. The number of thiophene rings is 1. The van der Waals surface area contributed by atoms with Gasteiger partial charge in [-0.3, -0.25) is 4.79 Å². The molecule has 23 heavy (non-hydrogen) atoms. The van der Waals surface area contributed by atoms with Crippen molar-refractivity contribution >= 4 is 34.5 Å². The number of aromatic nitrogens is 1. The van der Waals surface area contributed by atoms with Crippen LogP contribution >= 0.6 is 23.1 Å². The topological polar surface area (TPSA) is 24.7 Å². The quantitative estimate of drug-likeness (QED) is 0.693. The summed E-state index contributed by atoms with van der Waals surface area (Å²) in [5.74, 6) is 1.16. The lowest BCUT2D eigenvalue weighted by molar-refractivity contribution is 0.0767. The standard InChI is InChI=1S/C18H18N2OS2/c21-18(14-12-15-4-1-2-7-20(15)13-14)19-8-6-17(23-11-9-19)16-5-3-10-22-16/h1-5,7,10,12-13,17H,6,8-9,11H2. The molecule has 0 aliphatic carbocycles. The highest BCUT2D eigenvalue weighted by Gasteiger charge is 2.23. The van der Waals surface area contributed by atoms with E-state index in [1.165, 1.54) is 4.88 Å². The number of carbonyl (C=O) groups excluding carboxylic acids is 1. The van der Waals surface area contributed by atoms with E-state index in [0.29, 0.717) is 5.25 Å². The third-order valence-corrected chi connectivity index (χ3v) is 6.69. The molecule has 1 aliphatic heterocycles. The van der Waals surface area contributed by atoms with Crippen molar-refractivity contribution in [3.8, 4) is 0 Å². The summed E-state index contributed by atoms with van der Waals surface area (Å²) < 4.78 is 2.01. The van der Waals surface area contributed by atoms with Gasteiger partial charge in [-0.05, 0) is 36.1 Å². The fourth-order valence-electron chi connectivity index (χ4n) is 3.03. The molecule has 4 heterocycles. The lowest BCUT2D eigenvalue weighted by atomic mass is 10.2. The largest absolute Gasteiger partial charge is 0.338 e. The van der Waals surface area contributed by atoms with Crippen LogP contribution in [0.5, 0.6) is 0 Å². The van der Waals surface area contributed by atoms with Crippen molar-refractivity contribution in [3.05, 3.63) is 64.6 Å². The highest BCUT2D eigenvalue weighted by Crippen LogP contribution is 2.36. The summed E-state index contributed by atoms with van der Waals surface area (Å²) in [5.41, 5.74) is 1.85. The molecule has 1 amide bonds. The van der Waals surface area contributed by atoms with Crippen LogP contribution in [0.3, 0.4) is 0 Å². The lowest BCUT2D eigenvalue weighted by Crippen LogP contribution is -2.32. The molecule has 0 aromatic carbocycles. The Morgan fingerprint density at radius 3 is 2.96 bits per heavy atom. The van der Waals surface area contributed by atoms with Crippen molar-refractivity contribution in [2.75, 3.05) is 18.8 Å². The van der Waals surface area contributed by atoms with Crippen LogP contribution in [0.4, 0.5) is 0 Å². The Balaban J connectivity index is 1.50. The number of pyridine rings is 1. The van der Waals surface area contributed by atoms with Gasteiger partial charge in [0.05, 0.1) is 5.56 Å². The van der Waals surface area contributed by atoms with Crippen LogP contribution in [0.15, 0.2) is 54.2 Å². The summed E-state index contributed by atoms with van der Waals surface area (Å²) in [6, 6.07) is 12.3. The second-order valence-corrected chi connectivity index (χ2v) is 8.01. The van der Waals surface area contributed by atoms with Crippen LogP contribution < -0.4 is 0 Å². The molecule has 0 spiro atoms. The zero-order chi connectivity index (χ0) is 15.6. The normalized spacial score (nSPS) is 19.0. The summed E-state index contributed by atoms with van der Waals surface area (Å²) in [6.07, 6.45) is 4.95. The molecule has 1 unspecified atom stereocenters. The van der Waals surface area contributed by atoms with Crippen molar-refractivity contribution in [1.82, 2.24) is 9.30 Å². The summed E-state index contributed by atoms with van der Waals surface area (Å²) in [7, 11) is 0. The zero-order valence-electron chi connectivity index (χ0n) is 12.7. The van der Waals surface area contributed by atoms with Crippen LogP contribution in [0.2, 0.25) is 0 Å². The number of fused-ring (bicyclic) bond motifs is 1. The summed E-state index contributed by atoms with van der Waals surface area (Å²) in [6.45, 7) is 1.66. The zero-order valence-corrected chi connectivity index (χ0v) is 14.4. The van der Waals surface area contributed by atoms with Gasteiger partial charge in [0.25, 0.3) is 5.91 Å². The smallest absolute Gasteiger partial charge is 0.255 e. The second-order valence-electron chi connectivity index (χ2n) is 5.72. The Morgan fingerprint density at radius 2 is 2.13 bits per heavy atom. The number of hydrogen-bond donors (Lipinski definition) is 0. The minimum Gasteiger partial charge on any atom is -0.338 e. The molecule has 3 nitrogen and oxygen atoms in total. The van der Waals surface area contributed by atoms with Crippen molar-refractivity contribution in [3.63, 3.8) is 0 Å². The van der Waals surface area contributed by atoms with Gasteiger partial charge in [-0.1, -0.05) is 12.1 Å². The van der Waals surface area contributed by atoms with Gasteiger partial charge in [-0.15, -0.1) is 11.3 Å². The highest BCUT2D eigenvalue weighted by molar-refractivity contribution is 7.99. The van der Waals surface area contributed by atoms with Gasteiger partial charge in [-0.2, -0.15) is 11.8 Å². The van der Waals surface area contributed by atoms with Crippen LogP contribution in [-0.2, 0) is 0 Å². The Bertz CT molecular complexity index is 776. The average molecular weight is 342 g/mol. The third-order valence-electron chi connectivity index (χ3n) is 4.24. The number of nitrogens with zero attached hydrogens (tertiary/aromatic N) is 2. The SMILES string of the molecule is O=C(c1cc2ccccn2c1)N1CCSC(c2cccs2)CC1. The second kappa shape index (κ2) is 6.42. The molecule has 3 aromatic heterocycles. The van der Waals surface area contributed by atoms with E-state index >= 15 is 0 Å². The molecule has 1 atom stereocenters. The Labute approximate surface area is 143 Å². The van der Waals surface area contributed by atoms with Gasteiger partial charge < -0.3 is 9.30 Å². The number of hydrogen-bond acceptors (Lipinski definition) is 3. The molecule has 0 bridgehead atoms. The van der Waals surface area contributed by atoms with Crippen LogP contribution in [0.25, 0.3) is 5.52 Å². The predicted molar refractivity (Wildman–Crippen MR) is 97.4 cm³/mol. The maximum Gasteiger partial charge on any atom is 0.255 e. The van der Waals surface area contributed by atoms with E-state index in [1.807, 2.05) is 69.1 Å². The fraction of sp³-hybridized carbons (Fsp3) is 0.278. The van der Waals surface area contributed by atoms with Crippen LogP contribution in [-0.4, -0.2) is 34.1 Å². The van der Waals surface area contributed by atoms with Gasteiger partial charge in [0, 0.05) is 46.9 Å². The first-order valence-corrected chi connectivity index (χ1v) is 9.75. The van der Waals surface area contributed by atoms with Gasteiger partial charge in [0.2, 0.25) is 0 Å². The molecular weight excluding hydrogens is 324 g/mol. The molecule has 0 saturated carbocycles. The maximum atomic E-state index is 12.8. The molecule has 118 valence electrons. The summed E-state index contributed by atoms with van der Waals surface area (Å²) >= 11 is 3.79. The van der Waals surface area contributed by atoms with Crippen molar-refractivity contribution < 1.29 is 4.79 Å². The first-order valence-electron chi connectivity index (χ1n) is 7.82. The van der Waals surface area contributed by atoms with Gasteiger partial charge in [-0.25, -0.2) is 0 Å². The molecule has 5 heteroatoms. The predicted octanol–water partition coefficient (Wildman–Crippen LogP) is 4.32. The average Bonchev–Trinajstić information content (AvgIpc) is 3.19. The van der Waals surface area contributed by atoms with Crippen LogP contribution in [0.1, 0.15) is 26.9 Å². The van der Waals surface area contributed by atoms with E-state index < -0.39 is 0 Å².